The van der Waals surface area contributed by atoms with Crippen LogP contribution in [0, 0.1) is 0 Å². The molecule has 0 spiro atoms. The number of benzene rings is 2. The van der Waals surface area contributed by atoms with Crippen molar-refractivity contribution < 1.29 is 4.74 Å². The average Bonchev–Trinajstić information content (AvgIpc) is 3.30. The molecule has 27 heavy (non-hydrogen) atoms. The number of rotatable bonds is 4. The van der Waals surface area contributed by atoms with Gasteiger partial charge in [0.05, 0.1) is 6.54 Å². The van der Waals surface area contributed by atoms with Crippen LogP contribution in [0.25, 0.3) is 0 Å². The molecular weight excluding hydrogens is 336 g/mol. The number of hydrogen-bond acceptors (Lipinski definition) is 3. The van der Waals surface area contributed by atoms with Crippen molar-refractivity contribution in [1.82, 2.24) is 9.55 Å². The van der Waals surface area contributed by atoms with Crippen LogP contribution in [0.3, 0.4) is 0 Å². The van der Waals surface area contributed by atoms with Crippen LogP contribution in [0.1, 0.15) is 41.0 Å². The molecule has 2 aliphatic rings. The Morgan fingerprint density at radius 3 is 2.81 bits per heavy atom. The predicted molar refractivity (Wildman–Crippen MR) is 104 cm³/mol. The molecule has 2 heterocycles. The molecular formula is C23H22N2O2. The molecule has 2 atom stereocenters. The normalized spacial score (nSPS) is 20.1. The second-order valence-electron chi connectivity index (χ2n) is 7.51. The van der Waals surface area contributed by atoms with E-state index in [0.29, 0.717) is 11.9 Å². The van der Waals surface area contributed by atoms with Gasteiger partial charge in [-0.25, -0.2) is 0 Å². The smallest absolute Gasteiger partial charge is 0.300 e. The van der Waals surface area contributed by atoms with E-state index >= 15 is 0 Å². The minimum atomic E-state index is -0.244. The van der Waals surface area contributed by atoms with E-state index in [1.54, 1.807) is 6.20 Å². The average molecular weight is 358 g/mol. The van der Waals surface area contributed by atoms with Gasteiger partial charge in [0.1, 0.15) is 6.10 Å². The van der Waals surface area contributed by atoms with E-state index in [0.717, 1.165) is 19.4 Å². The van der Waals surface area contributed by atoms with Crippen molar-refractivity contribution in [2.24, 2.45) is 0 Å². The number of aromatic nitrogens is 2. The van der Waals surface area contributed by atoms with Crippen molar-refractivity contribution >= 4 is 0 Å². The Labute approximate surface area is 158 Å². The zero-order chi connectivity index (χ0) is 18.2. The molecule has 0 radical (unpaired) electrons. The summed E-state index contributed by atoms with van der Waals surface area (Å²) in [6.45, 7) is 0.763. The minimum Gasteiger partial charge on any atom is -0.459 e. The number of hydrogen-bond donors (Lipinski definition) is 0. The summed E-state index contributed by atoms with van der Waals surface area (Å²) in [4.78, 5) is 15.2. The first-order chi connectivity index (χ1) is 13.3. The Kier molecular flexibility index (Phi) is 4.04. The maximum atomic E-state index is 11.3. The van der Waals surface area contributed by atoms with E-state index in [1.807, 2.05) is 4.57 Å². The van der Waals surface area contributed by atoms with Crippen molar-refractivity contribution in [2.75, 3.05) is 0 Å². The summed E-state index contributed by atoms with van der Waals surface area (Å²) in [5.74, 6) is 0.534. The molecule has 0 bridgehead atoms. The number of fused-ring (bicyclic) bond motifs is 2. The fraction of sp³-hybridized carbons (Fsp3) is 0.304. The Balaban J connectivity index is 1.23. The summed E-state index contributed by atoms with van der Waals surface area (Å²) in [6.07, 6.45) is 6.12. The first-order valence-electron chi connectivity index (χ1n) is 9.67. The lowest BCUT2D eigenvalue weighted by Gasteiger charge is -2.13. The molecule has 4 heteroatoms. The monoisotopic (exact) mass is 358 g/mol. The van der Waals surface area contributed by atoms with Crippen molar-refractivity contribution in [3.8, 4) is 6.01 Å². The molecule has 0 amide bonds. The molecule has 0 N–H and O–H groups in total. The third kappa shape index (κ3) is 3.16. The quantitative estimate of drug-likeness (QED) is 0.714. The Morgan fingerprint density at radius 2 is 1.93 bits per heavy atom. The Hall–Kier alpha value is -2.88. The standard InChI is InChI=1S/C23H22N2O2/c26-22-13-14-25-15-19(27-23(25)24-22)11-7-16-5-8-18(9-6-16)21-12-10-17-3-1-2-4-20(17)21/h1-6,8-9,13-14,19,21H,7,10-12,15H2. The van der Waals surface area contributed by atoms with E-state index < -0.39 is 0 Å². The van der Waals surface area contributed by atoms with Crippen molar-refractivity contribution in [3.05, 3.63) is 93.4 Å². The molecule has 2 aromatic carbocycles. The summed E-state index contributed by atoms with van der Waals surface area (Å²) in [5, 5.41) is 0. The highest BCUT2D eigenvalue weighted by Gasteiger charge is 2.24. The van der Waals surface area contributed by atoms with Gasteiger partial charge in [-0.1, -0.05) is 48.5 Å². The molecule has 1 aromatic heterocycles. The van der Waals surface area contributed by atoms with Crippen LogP contribution < -0.4 is 10.3 Å². The first kappa shape index (κ1) is 16.3. The fourth-order valence-corrected chi connectivity index (χ4v) is 4.35. The third-order valence-corrected chi connectivity index (χ3v) is 5.79. The van der Waals surface area contributed by atoms with Gasteiger partial charge in [-0.3, -0.25) is 9.36 Å². The van der Waals surface area contributed by atoms with Crippen LogP contribution in [0.4, 0.5) is 0 Å². The van der Waals surface area contributed by atoms with Gasteiger partial charge in [0.15, 0.2) is 0 Å². The van der Waals surface area contributed by atoms with Crippen LogP contribution in [0.5, 0.6) is 6.01 Å². The lowest BCUT2D eigenvalue weighted by atomic mass is 9.92. The predicted octanol–water partition coefficient (Wildman–Crippen LogP) is 3.72. The van der Waals surface area contributed by atoms with Gasteiger partial charge in [0, 0.05) is 18.2 Å². The second-order valence-corrected chi connectivity index (χ2v) is 7.51. The molecule has 0 fully saturated rings. The summed E-state index contributed by atoms with van der Waals surface area (Å²) >= 11 is 0. The maximum Gasteiger partial charge on any atom is 0.300 e. The summed E-state index contributed by atoms with van der Waals surface area (Å²) in [7, 11) is 0. The lowest BCUT2D eigenvalue weighted by Crippen LogP contribution is -2.15. The zero-order valence-corrected chi connectivity index (χ0v) is 15.2. The Morgan fingerprint density at radius 1 is 1.07 bits per heavy atom. The maximum absolute atomic E-state index is 11.3. The SMILES string of the molecule is O=c1ccn2c(n1)OC(CCc1ccc(C3CCc4ccccc43)cc1)C2. The second kappa shape index (κ2) is 6.69. The van der Waals surface area contributed by atoms with Gasteiger partial charge in [0.2, 0.25) is 0 Å². The van der Waals surface area contributed by atoms with Gasteiger partial charge in [-0.05, 0) is 47.9 Å². The fourth-order valence-electron chi connectivity index (χ4n) is 4.35. The first-order valence-corrected chi connectivity index (χ1v) is 9.67. The molecule has 136 valence electrons. The summed E-state index contributed by atoms with van der Waals surface area (Å²) in [6, 6.07) is 19.8. The highest BCUT2D eigenvalue weighted by molar-refractivity contribution is 5.42. The van der Waals surface area contributed by atoms with Crippen LogP contribution in [-0.4, -0.2) is 15.7 Å². The van der Waals surface area contributed by atoms with Crippen molar-refractivity contribution in [2.45, 2.75) is 44.2 Å². The zero-order valence-electron chi connectivity index (χ0n) is 15.2. The van der Waals surface area contributed by atoms with Gasteiger partial charge in [-0.2, -0.15) is 4.98 Å². The molecule has 3 aromatic rings. The minimum absolute atomic E-state index is 0.0840. The molecule has 0 saturated heterocycles. The van der Waals surface area contributed by atoms with Crippen LogP contribution in [0.15, 0.2) is 65.6 Å². The Bertz CT molecular complexity index is 1020. The van der Waals surface area contributed by atoms with Gasteiger partial charge in [0.25, 0.3) is 11.6 Å². The van der Waals surface area contributed by atoms with Crippen LogP contribution >= 0.6 is 0 Å². The van der Waals surface area contributed by atoms with E-state index in [4.69, 9.17) is 4.74 Å². The van der Waals surface area contributed by atoms with Gasteiger partial charge < -0.3 is 4.74 Å². The number of aryl methyl sites for hydroxylation is 2. The molecule has 4 nitrogen and oxygen atoms in total. The lowest BCUT2D eigenvalue weighted by molar-refractivity contribution is 0.214. The van der Waals surface area contributed by atoms with E-state index in [2.05, 4.69) is 53.5 Å². The highest BCUT2D eigenvalue weighted by Crippen LogP contribution is 2.37. The highest BCUT2D eigenvalue weighted by atomic mass is 16.5. The summed E-state index contributed by atoms with van der Waals surface area (Å²) in [5.41, 5.74) is 5.48. The number of nitrogens with zero attached hydrogens (tertiary/aromatic N) is 2. The van der Waals surface area contributed by atoms with E-state index in [1.165, 1.54) is 41.2 Å². The van der Waals surface area contributed by atoms with Crippen molar-refractivity contribution in [1.29, 1.82) is 0 Å². The largest absolute Gasteiger partial charge is 0.459 e. The molecule has 5 rings (SSSR count). The van der Waals surface area contributed by atoms with E-state index in [9.17, 15) is 4.79 Å². The molecule has 1 aliphatic heterocycles. The van der Waals surface area contributed by atoms with Gasteiger partial charge >= 0.3 is 0 Å². The van der Waals surface area contributed by atoms with E-state index in [-0.39, 0.29) is 11.7 Å². The molecule has 0 saturated carbocycles. The van der Waals surface area contributed by atoms with Crippen molar-refractivity contribution in [3.63, 3.8) is 0 Å². The number of ether oxygens (including phenoxy) is 1. The van der Waals surface area contributed by atoms with Gasteiger partial charge in [-0.15, -0.1) is 0 Å². The summed E-state index contributed by atoms with van der Waals surface area (Å²) < 4.78 is 7.71. The topological polar surface area (TPSA) is 44.1 Å². The van der Waals surface area contributed by atoms with Crippen LogP contribution in [0.2, 0.25) is 0 Å². The third-order valence-electron chi connectivity index (χ3n) is 5.79. The molecule has 1 aliphatic carbocycles. The van der Waals surface area contributed by atoms with Crippen LogP contribution in [-0.2, 0) is 19.4 Å². The molecule has 2 unspecified atom stereocenters.